The standard InChI is InChI=1S/C13H17F3N2/c1-3-13(2)4-6-18(7-5-13)12-10(15)8-9(14)11(16)17-12/h8H,3-7H2,1-2H3. The molecule has 0 atom stereocenters. The molecule has 0 N–H and O–H groups in total. The van der Waals surface area contributed by atoms with Crippen molar-refractivity contribution in [2.24, 2.45) is 5.41 Å². The first-order valence-electron chi connectivity index (χ1n) is 6.22. The van der Waals surface area contributed by atoms with E-state index in [1.54, 1.807) is 4.90 Å². The van der Waals surface area contributed by atoms with Crippen molar-refractivity contribution in [1.82, 2.24) is 4.98 Å². The molecule has 0 unspecified atom stereocenters. The summed E-state index contributed by atoms with van der Waals surface area (Å²) >= 11 is 0. The quantitative estimate of drug-likeness (QED) is 0.755. The van der Waals surface area contributed by atoms with Gasteiger partial charge in [0.2, 0.25) is 0 Å². The minimum absolute atomic E-state index is 0.0768. The zero-order valence-electron chi connectivity index (χ0n) is 10.6. The van der Waals surface area contributed by atoms with Gasteiger partial charge in [-0.1, -0.05) is 20.3 Å². The molecule has 2 heterocycles. The topological polar surface area (TPSA) is 16.1 Å². The highest BCUT2D eigenvalue weighted by Crippen LogP contribution is 2.35. The summed E-state index contributed by atoms with van der Waals surface area (Å²) in [5, 5.41) is 0. The van der Waals surface area contributed by atoms with E-state index in [1.165, 1.54) is 0 Å². The van der Waals surface area contributed by atoms with Gasteiger partial charge in [0.05, 0.1) is 0 Å². The van der Waals surface area contributed by atoms with Crippen molar-refractivity contribution in [2.45, 2.75) is 33.1 Å². The molecule has 0 amide bonds. The summed E-state index contributed by atoms with van der Waals surface area (Å²) in [6.45, 7) is 5.57. The molecule has 0 bridgehead atoms. The van der Waals surface area contributed by atoms with Crippen LogP contribution in [-0.2, 0) is 0 Å². The number of anilines is 1. The van der Waals surface area contributed by atoms with E-state index in [0.29, 0.717) is 19.2 Å². The third kappa shape index (κ3) is 2.44. The zero-order valence-corrected chi connectivity index (χ0v) is 10.6. The fraction of sp³-hybridized carbons (Fsp3) is 0.615. The Labute approximate surface area is 105 Å². The summed E-state index contributed by atoms with van der Waals surface area (Å²) in [5.74, 6) is -3.36. The van der Waals surface area contributed by atoms with Crippen LogP contribution in [0.15, 0.2) is 6.07 Å². The number of nitrogens with zero attached hydrogens (tertiary/aromatic N) is 2. The molecule has 1 aromatic rings. The average molecular weight is 258 g/mol. The van der Waals surface area contributed by atoms with E-state index >= 15 is 0 Å². The molecule has 0 radical (unpaired) electrons. The van der Waals surface area contributed by atoms with Crippen LogP contribution in [-0.4, -0.2) is 18.1 Å². The van der Waals surface area contributed by atoms with E-state index in [-0.39, 0.29) is 11.2 Å². The Balaban J connectivity index is 2.17. The van der Waals surface area contributed by atoms with Crippen molar-refractivity contribution in [3.8, 4) is 0 Å². The number of hydrogen-bond donors (Lipinski definition) is 0. The van der Waals surface area contributed by atoms with Crippen molar-refractivity contribution in [3.05, 3.63) is 23.6 Å². The first kappa shape index (κ1) is 13.2. The van der Waals surface area contributed by atoms with Gasteiger partial charge in [-0.25, -0.2) is 8.78 Å². The average Bonchev–Trinajstić information content (AvgIpc) is 2.35. The number of aromatic nitrogens is 1. The number of hydrogen-bond acceptors (Lipinski definition) is 2. The minimum atomic E-state index is -1.24. The zero-order chi connectivity index (χ0) is 13.3. The maximum absolute atomic E-state index is 13.6. The van der Waals surface area contributed by atoms with Crippen LogP contribution in [0.5, 0.6) is 0 Å². The van der Waals surface area contributed by atoms with Crippen LogP contribution >= 0.6 is 0 Å². The van der Waals surface area contributed by atoms with Gasteiger partial charge < -0.3 is 4.90 Å². The molecule has 1 aromatic heterocycles. The number of halogens is 3. The lowest BCUT2D eigenvalue weighted by atomic mass is 9.78. The van der Waals surface area contributed by atoms with Gasteiger partial charge >= 0.3 is 0 Å². The Morgan fingerprint density at radius 3 is 2.39 bits per heavy atom. The molecule has 0 saturated carbocycles. The van der Waals surface area contributed by atoms with E-state index in [9.17, 15) is 13.2 Å². The predicted octanol–water partition coefficient (Wildman–Crippen LogP) is 3.52. The highest BCUT2D eigenvalue weighted by atomic mass is 19.2. The molecule has 1 aliphatic rings. The minimum Gasteiger partial charge on any atom is -0.354 e. The van der Waals surface area contributed by atoms with Gasteiger partial charge in [0.25, 0.3) is 5.95 Å². The van der Waals surface area contributed by atoms with Crippen LogP contribution < -0.4 is 4.90 Å². The first-order chi connectivity index (χ1) is 8.45. The molecule has 5 heteroatoms. The normalized spacial score (nSPS) is 19.1. The summed E-state index contributed by atoms with van der Waals surface area (Å²) in [6, 6.07) is 0.561. The molecular weight excluding hydrogens is 241 g/mol. The van der Waals surface area contributed by atoms with Gasteiger partial charge in [-0.3, -0.25) is 0 Å². The molecule has 0 aliphatic carbocycles. The van der Waals surface area contributed by atoms with Gasteiger partial charge in [-0.2, -0.15) is 9.37 Å². The summed E-state index contributed by atoms with van der Waals surface area (Å²) < 4.78 is 39.4. The lowest BCUT2D eigenvalue weighted by molar-refractivity contribution is 0.236. The van der Waals surface area contributed by atoms with Crippen molar-refractivity contribution in [2.75, 3.05) is 18.0 Å². The maximum Gasteiger partial charge on any atom is 0.251 e. The largest absolute Gasteiger partial charge is 0.354 e. The first-order valence-corrected chi connectivity index (χ1v) is 6.22. The van der Waals surface area contributed by atoms with Crippen molar-refractivity contribution in [3.63, 3.8) is 0 Å². The van der Waals surface area contributed by atoms with Crippen LogP contribution in [0.2, 0.25) is 0 Å². The number of piperidine rings is 1. The molecule has 0 spiro atoms. The number of rotatable bonds is 2. The predicted molar refractivity (Wildman–Crippen MR) is 64.0 cm³/mol. The Hall–Kier alpha value is -1.26. The van der Waals surface area contributed by atoms with Gasteiger partial charge in [0.1, 0.15) is 0 Å². The highest BCUT2D eigenvalue weighted by molar-refractivity contribution is 5.40. The van der Waals surface area contributed by atoms with Crippen LogP contribution in [0, 0.1) is 23.0 Å². The van der Waals surface area contributed by atoms with Crippen LogP contribution in [0.25, 0.3) is 0 Å². The third-order valence-electron chi connectivity index (χ3n) is 3.99. The van der Waals surface area contributed by atoms with Crippen LogP contribution in [0.3, 0.4) is 0 Å². The van der Waals surface area contributed by atoms with Gasteiger partial charge in [-0.15, -0.1) is 0 Å². The lowest BCUT2D eigenvalue weighted by Crippen LogP contribution is -2.39. The number of pyridine rings is 1. The van der Waals surface area contributed by atoms with Crippen molar-refractivity contribution in [1.29, 1.82) is 0 Å². The van der Waals surface area contributed by atoms with E-state index in [1.807, 2.05) is 0 Å². The van der Waals surface area contributed by atoms with E-state index in [0.717, 1.165) is 19.3 Å². The molecule has 0 aromatic carbocycles. The molecule has 1 aliphatic heterocycles. The Morgan fingerprint density at radius 2 is 1.83 bits per heavy atom. The van der Waals surface area contributed by atoms with E-state index < -0.39 is 17.6 Å². The van der Waals surface area contributed by atoms with Gasteiger partial charge in [0.15, 0.2) is 17.5 Å². The molecule has 1 saturated heterocycles. The second-order valence-electron chi connectivity index (χ2n) is 5.22. The third-order valence-corrected chi connectivity index (χ3v) is 3.99. The fourth-order valence-electron chi connectivity index (χ4n) is 2.27. The van der Waals surface area contributed by atoms with Crippen LogP contribution in [0.1, 0.15) is 33.1 Å². The molecule has 18 heavy (non-hydrogen) atoms. The maximum atomic E-state index is 13.6. The van der Waals surface area contributed by atoms with Crippen LogP contribution in [0.4, 0.5) is 19.0 Å². The Kier molecular flexibility index (Phi) is 3.50. The van der Waals surface area contributed by atoms with Crippen molar-refractivity contribution < 1.29 is 13.2 Å². The van der Waals surface area contributed by atoms with Crippen molar-refractivity contribution >= 4 is 5.82 Å². The summed E-state index contributed by atoms with van der Waals surface area (Å²) in [4.78, 5) is 5.07. The molecule has 2 nitrogen and oxygen atoms in total. The van der Waals surface area contributed by atoms with E-state index in [2.05, 4.69) is 18.8 Å². The molecule has 2 rings (SSSR count). The lowest BCUT2D eigenvalue weighted by Gasteiger charge is -2.39. The molecule has 100 valence electrons. The van der Waals surface area contributed by atoms with Gasteiger partial charge in [-0.05, 0) is 18.3 Å². The second-order valence-corrected chi connectivity index (χ2v) is 5.22. The summed E-state index contributed by atoms with van der Waals surface area (Å²) in [5.41, 5.74) is 0.256. The Morgan fingerprint density at radius 1 is 1.22 bits per heavy atom. The second kappa shape index (κ2) is 4.78. The van der Waals surface area contributed by atoms with E-state index in [4.69, 9.17) is 0 Å². The Bertz CT molecular complexity index is 440. The fourth-order valence-corrected chi connectivity index (χ4v) is 2.27. The summed E-state index contributed by atoms with van der Waals surface area (Å²) in [7, 11) is 0. The molecule has 1 fully saturated rings. The summed E-state index contributed by atoms with van der Waals surface area (Å²) in [6.07, 6.45) is 2.88. The smallest absolute Gasteiger partial charge is 0.251 e. The SMILES string of the molecule is CCC1(C)CCN(c2nc(F)c(F)cc2F)CC1. The highest BCUT2D eigenvalue weighted by Gasteiger charge is 2.30. The monoisotopic (exact) mass is 258 g/mol. The molecular formula is C13H17F3N2. The van der Waals surface area contributed by atoms with Gasteiger partial charge in [0, 0.05) is 19.2 Å².